The van der Waals surface area contributed by atoms with E-state index < -0.39 is 0 Å². The molecule has 0 saturated carbocycles. The minimum atomic E-state index is -0.296. The Hall–Kier alpha value is -1.71. The molecule has 0 unspecified atom stereocenters. The van der Waals surface area contributed by atoms with Crippen LogP contribution in [0.1, 0.15) is 5.76 Å². The average molecular weight is 282 g/mol. The number of furan rings is 1. The Bertz CT molecular complexity index is 577. The van der Waals surface area contributed by atoms with Crippen molar-refractivity contribution in [3.63, 3.8) is 0 Å². The second-order valence-corrected chi connectivity index (χ2v) is 4.31. The summed E-state index contributed by atoms with van der Waals surface area (Å²) < 4.78 is 5.06. The molecule has 1 heterocycles. The Morgan fingerprint density at radius 2 is 2.11 bits per heavy atom. The van der Waals surface area contributed by atoms with E-state index in [1.165, 1.54) is 12.3 Å². The Labute approximate surface area is 114 Å². The number of benzene rings is 1. The smallest absolute Gasteiger partial charge is 0.248 e. The number of hydrogen-bond acceptors (Lipinski definition) is 2. The lowest BCUT2D eigenvalue weighted by atomic mass is 10.3. The highest BCUT2D eigenvalue weighted by atomic mass is 35.5. The number of anilines is 1. The first kappa shape index (κ1) is 12.7. The van der Waals surface area contributed by atoms with Gasteiger partial charge in [0.1, 0.15) is 5.76 Å². The fraction of sp³-hybridized carbons (Fsp3) is 0. The number of hydrogen-bond donors (Lipinski definition) is 1. The van der Waals surface area contributed by atoms with Gasteiger partial charge in [-0.25, -0.2) is 0 Å². The zero-order valence-corrected chi connectivity index (χ0v) is 10.7. The third-order valence-electron chi connectivity index (χ3n) is 2.13. The molecule has 0 saturated heterocycles. The molecule has 1 amide bonds. The quantitative estimate of drug-likeness (QED) is 0.855. The molecule has 1 N–H and O–H groups in total. The van der Waals surface area contributed by atoms with Crippen LogP contribution in [-0.2, 0) is 4.79 Å². The van der Waals surface area contributed by atoms with Crippen molar-refractivity contribution in [2.75, 3.05) is 5.32 Å². The summed E-state index contributed by atoms with van der Waals surface area (Å²) in [6, 6.07) is 8.35. The first-order chi connectivity index (χ1) is 8.65. The lowest BCUT2D eigenvalue weighted by Crippen LogP contribution is -2.07. The van der Waals surface area contributed by atoms with Crippen LogP contribution in [0.2, 0.25) is 10.0 Å². The van der Waals surface area contributed by atoms with E-state index in [1.54, 1.807) is 36.4 Å². The predicted molar refractivity (Wildman–Crippen MR) is 72.8 cm³/mol. The highest BCUT2D eigenvalue weighted by molar-refractivity contribution is 6.36. The average Bonchev–Trinajstić information content (AvgIpc) is 2.83. The lowest BCUT2D eigenvalue weighted by Gasteiger charge is -2.04. The first-order valence-corrected chi connectivity index (χ1v) is 5.88. The molecule has 0 radical (unpaired) electrons. The van der Waals surface area contributed by atoms with Crippen LogP contribution in [0.15, 0.2) is 47.1 Å². The minimum Gasteiger partial charge on any atom is -0.465 e. The predicted octanol–water partition coefficient (Wildman–Crippen LogP) is 4.24. The summed E-state index contributed by atoms with van der Waals surface area (Å²) in [5.74, 6) is 0.308. The number of carbonyl (C=O) groups excluding carboxylic acids is 1. The van der Waals surface area contributed by atoms with Gasteiger partial charge >= 0.3 is 0 Å². The van der Waals surface area contributed by atoms with E-state index >= 15 is 0 Å². The maximum Gasteiger partial charge on any atom is 0.248 e. The summed E-state index contributed by atoms with van der Waals surface area (Å²) in [6.07, 6.45) is 4.47. The van der Waals surface area contributed by atoms with Crippen LogP contribution in [0.25, 0.3) is 6.08 Å². The maximum absolute atomic E-state index is 11.6. The molecule has 92 valence electrons. The Morgan fingerprint density at radius 1 is 1.28 bits per heavy atom. The van der Waals surface area contributed by atoms with Crippen LogP contribution < -0.4 is 5.32 Å². The summed E-state index contributed by atoms with van der Waals surface area (Å²) in [7, 11) is 0. The second-order valence-electron chi connectivity index (χ2n) is 3.46. The normalized spacial score (nSPS) is 10.8. The van der Waals surface area contributed by atoms with Gasteiger partial charge in [-0.3, -0.25) is 4.79 Å². The van der Waals surface area contributed by atoms with Gasteiger partial charge in [-0.2, -0.15) is 0 Å². The van der Waals surface area contributed by atoms with Crippen molar-refractivity contribution in [2.45, 2.75) is 0 Å². The van der Waals surface area contributed by atoms with Crippen molar-refractivity contribution < 1.29 is 9.21 Å². The molecule has 0 spiro atoms. The van der Waals surface area contributed by atoms with Gasteiger partial charge in [0.25, 0.3) is 0 Å². The summed E-state index contributed by atoms with van der Waals surface area (Å²) in [6.45, 7) is 0. The lowest BCUT2D eigenvalue weighted by molar-refractivity contribution is -0.111. The van der Waals surface area contributed by atoms with Crippen molar-refractivity contribution in [3.8, 4) is 0 Å². The van der Waals surface area contributed by atoms with E-state index in [-0.39, 0.29) is 5.91 Å². The van der Waals surface area contributed by atoms with Crippen molar-refractivity contribution >= 4 is 40.9 Å². The van der Waals surface area contributed by atoms with E-state index in [0.717, 1.165) is 0 Å². The van der Waals surface area contributed by atoms with E-state index in [1.807, 2.05) is 0 Å². The molecule has 1 aromatic heterocycles. The Balaban J connectivity index is 2.03. The van der Waals surface area contributed by atoms with E-state index in [0.29, 0.717) is 21.5 Å². The summed E-state index contributed by atoms with van der Waals surface area (Å²) in [4.78, 5) is 11.6. The molecule has 0 aliphatic rings. The summed E-state index contributed by atoms with van der Waals surface area (Å²) >= 11 is 11.7. The molecule has 0 fully saturated rings. The molecule has 0 aliphatic carbocycles. The van der Waals surface area contributed by atoms with E-state index in [4.69, 9.17) is 27.6 Å². The molecule has 1 aromatic carbocycles. The number of rotatable bonds is 3. The SMILES string of the molecule is O=C(C=Cc1ccco1)Nc1ccc(Cl)cc1Cl. The summed E-state index contributed by atoms with van der Waals surface area (Å²) in [5, 5.41) is 3.55. The van der Waals surface area contributed by atoms with Crippen molar-refractivity contribution in [1.82, 2.24) is 0 Å². The monoisotopic (exact) mass is 281 g/mol. The van der Waals surface area contributed by atoms with Gasteiger partial charge in [-0.05, 0) is 36.4 Å². The first-order valence-electron chi connectivity index (χ1n) is 5.13. The van der Waals surface area contributed by atoms with Crippen LogP contribution in [0.4, 0.5) is 5.69 Å². The molecule has 5 heteroatoms. The second kappa shape index (κ2) is 5.76. The Morgan fingerprint density at radius 3 is 2.78 bits per heavy atom. The van der Waals surface area contributed by atoms with Gasteiger partial charge in [0.2, 0.25) is 5.91 Å². The van der Waals surface area contributed by atoms with Gasteiger partial charge in [0.15, 0.2) is 0 Å². The van der Waals surface area contributed by atoms with Gasteiger partial charge in [0, 0.05) is 11.1 Å². The van der Waals surface area contributed by atoms with E-state index in [9.17, 15) is 4.79 Å². The van der Waals surface area contributed by atoms with Crippen LogP contribution in [0.5, 0.6) is 0 Å². The number of amides is 1. The van der Waals surface area contributed by atoms with E-state index in [2.05, 4.69) is 5.32 Å². The van der Waals surface area contributed by atoms with Gasteiger partial charge < -0.3 is 9.73 Å². The molecule has 2 aromatic rings. The molecule has 0 bridgehead atoms. The van der Waals surface area contributed by atoms with Crippen LogP contribution in [0, 0.1) is 0 Å². The third-order valence-corrected chi connectivity index (χ3v) is 2.68. The zero-order chi connectivity index (χ0) is 13.0. The molecule has 0 aliphatic heterocycles. The molecule has 3 nitrogen and oxygen atoms in total. The number of carbonyl (C=O) groups is 1. The summed E-state index contributed by atoms with van der Waals surface area (Å²) in [5.41, 5.74) is 0.509. The molecule has 18 heavy (non-hydrogen) atoms. The maximum atomic E-state index is 11.6. The van der Waals surface area contributed by atoms with Crippen LogP contribution >= 0.6 is 23.2 Å². The van der Waals surface area contributed by atoms with Crippen molar-refractivity contribution in [2.24, 2.45) is 0 Å². The number of halogens is 2. The highest BCUT2D eigenvalue weighted by Crippen LogP contribution is 2.25. The van der Waals surface area contributed by atoms with Gasteiger partial charge in [0.05, 0.1) is 17.0 Å². The van der Waals surface area contributed by atoms with Gasteiger partial charge in [-0.15, -0.1) is 0 Å². The number of nitrogens with one attached hydrogen (secondary N) is 1. The van der Waals surface area contributed by atoms with Crippen molar-refractivity contribution in [3.05, 3.63) is 58.5 Å². The van der Waals surface area contributed by atoms with Crippen LogP contribution in [0.3, 0.4) is 0 Å². The highest BCUT2D eigenvalue weighted by Gasteiger charge is 2.03. The Kier molecular flexibility index (Phi) is 4.07. The molecular weight excluding hydrogens is 273 g/mol. The standard InChI is InChI=1S/C13H9Cl2NO2/c14-9-3-5-12(11(15)8-9)16-13(17)6-4-10-2-1-7-18-10/h1-8H,(H,16,17). The van der Waals surface area contributed by atoms with Crippen LogP contribution in [-0.4, -0.2) is 5.91 Å². The fourth-order valence-electron chi connectivity index (χ4n) is 1.31. The van der Waals surface area contributed by atoms with Crippen molar-refractivity contribution in [1.29, 1.82) is 0 Å². The zero-order valence-electron chi connectivity index (χ0n) is 9.19. The third kappa shape index (κ3) is 3.39. The van der Waals surface area contributed by atoms with Gasteiger partial charge in [-0.1, -0.05) is 23.2 Å². The largest absolute Gasteiger partial charge is 0.465 e. The molecular formula is C13H9Cl2NO2. The fourth-order valence-corrected chi connectivity index (χ4v) is 1.76. The minimum absolute atomic E-state index is 0.296. The topological polar surface area (TPSA) is 42.2 Å². The molecule has 2 rings (SSSR count). The molecule has 0 atom stereocenters.